The minimum Gasteiger partial charge on any atom is -0.456 e. The number of para-hydroxylation sites is 1. The number of rotatable bonds is 4. The molecular formula is C17H20ClNO. The molecule has 2 aromatic rings. The number of benzene rings is 2. The molecule has 106 valence electrons. The molecule has 0 saturated heterocycles. The van der Waals surface area contributed by atoms with Crippen molar-refractivity contribution in [2.45, 2.75) is 32.7 Å². The predicted octanol–water partition coefficient (Wildman–Crippen LogP) is 5.28. The van der Waals surface area contributed by atoms with Gasteiger partial charge in [0.25, 0.3) is 0 Å². The van der Waals surface area contributed by atoms with Gasteiger partial charge in [0.15, 0.2) is 0 Å². The maximum atomic E-state index is 6.27. The highest BCUT2D eigenvalue weighted by Crippen LogP contribution is 2.35. The van der Waals surface area contributed by atoms with Crippen molar-refractivity contribution in [2.24, 2.45) is 5.73 Å². The van der Waals surface area contributed by atoms with Crippen LogP contribution >= 0.6 is 11.6 Å². The van der Waals surface area contributed by atoms with Crippen LogP contribution in [-0.4, -0.2) is 0 Å². The molecule has 3 heteroatoms. The Labute approximate surface area is 125 Å². The lowest BCUT2D eigenvalue weighted by molar-refractivity contribution is 0.473. The summed E-state index contributed by atoms with van der Waals surface area (Å²) in [5.41, 5.74) is 8.02. The fourth-order valence-corrected chi connectivity index (χ4v) is 2.28. The molecule has 2 aromatic carbocycles. The molecule has 2 N–H and O–H groups in total. The molecule has 0 bridgehead atoms. The van der Waals surface area contributed by atoms with Crippen LogP contribution in [0.3, 0.4) is 0 Å². The van der Waals surface area contributed by atoms with Crippen LogP contribution in [0.25, 0.3) is 0 Å². The summed E-state index contributed by atoms with van der Waals surface area (Å²) in [5.74, 6) is 1.90. The Kier molecular flexibility index (Phi) is 4.69. The number of hydrogen-bond acceptors (Lipinski definition) is 2. The Bertz CT molecular complexity index is 593. The quantitative estimate of drug-likeness (QED) is 0.831. The Morgan fingerprint density at radius 1 is 1.00 bits per heavy atom. The molecule has 0 spiro atoms. The SMILES string of the molecule is CC(C)c1ccccc1Oc1ccc(C(C)N)cc1Cl. The van der Waals surface area contributed by atoms with Crippen molar-refractivity contribution in [1.29, 1.82) is 0 Å². The number of ether oxygens (including phenoxy) is 1. The monoisotopic (exact) mass is 289 g/mol. The van der Waals surface area contributed by atoms with Gasteiger partial charge in [-0.2, -0.15) is 0 Å². The fourth-order valence-electron chi connectivity index (χ4n) is 2.05. The minimum atomic E-state index is -0.0375. The van der Waals surface area contributed by atoms with Crippen LogP contribution < -0.4 is 10.5 Å². The summed E-state index contributed by atoms with van der Waals surface area (Å²) >= 11 is 6.27. The molecule has 0 aliphatic carbocycles. The van der Waals surface area contributed by atoms with Crippen LogP contribution in [0.4, 0.5) is 0 Å². The highest BCUT2D eigenvalue weighted by atomic mass is 35.5. The maximum absolute atomic E-state index is 6.27. The molecule has 0 aromatic heterocycles. The average Bonchev–Trinajstić information content (AvgIpc) is 2.41. The van der Waals surface area contributed by atoms with Gasteiger partial charge in [0.1, 0.15) is 11.5 Å². The van der Waals surface area contributed by atoms with E-state index in [-0.39, 0.29) is 6.04 Å². The summed E-state index contributed by atoms with van der Waals surface area (Å²) in [7, 11) is 0. The third kappa shape index (κ3) is 3.33. The van der Waals surface area contributed by atoms with Gasteiger partial charge in [0.05, 0.1) is 5.02 Å². The lowest BCUT2D eigenvalue weighted by Crippen LogP contribution is -2.04. The van der Waals surface area contributed by atoms with E-state index >= 15 is 0 Å². The first-order chi connectivity index (χ1) is 9.49. The summed E-state index contributed by atoms with van der Waals surface area (Å²) in [4.78, 5) is 0. The van der Waals surface area contributed by atoms with Crippen LogP contribution in [0, 0.1) is 0 Å². The summed E-state index contributed by atoms with van der Waals surface area (Å²) < 4.78 is 5.96. The summed E-state index contributed by atoms with van der Waals surface area (Å²) in [6.07, 6.45) is 0. The summed E-state index contributed by atoms with van der Waals surface area (Å²) in [5, 5.41) is 0.582. The highest BCUT2D eigenvalue weighted by Gasteiger charge is 2.11. The average molecular weight is 290 g/mol. The van der Waals surface area contributed by atoms with Crippen molar-refractivity contribution in [3.63, 3.8) is 0 Å². The van der Waals surface area contributed by atoms with E-state index in [1.807, 2.05) is 43.3 Å². The standard InChI is InChI=1S/C17H20ClNO/c1-11(2)14-6-4-5-7-16(14)20-17-9-8-13(12(3)19)10-15(17)18/h4-12H,19H2,1-3H3. The van der Waals surface area contributed by atoms with E-state index in [0.29, 0.717) is 16.7 Å². The first-order valence-electron chi connectivity index (χ1n) is 6.81. The van der Waals surface area contributed by atoms with Gasteiger partial charge in [-0.3, -0.25) is 0 Å². The third-order valence-corrected chi connectivity index (χ3v) is 3.54. The molecule has 0 radical (unpaired) electrons. The van der Waals surface area contributed by atoms with Gasteiger partial charge in [-0.25, -0.2) is 0 Å². The van der Waals surface area contributed by atoms with Crippen LogP contribution in [0.5, 0.6) is 11.5 Å². The predicted molar refractivity (Wildman–Crippen MR) is 84.7 cm³/mol. The first kappa shape index (κ1) is 14.9. The Morgan fingerprint density at radius 3 is 2.30 bits per heavy atom. The smallest absolute Gasteiger partial charge is 0.146 e. The number of hydrogen-bond donors (Lipinski definition) is 1. The largest absolute Gasteiger partial charge is 0.456 e. The molecule has 0 saturated carbocycles. The van der Waals surface area contributed by atoms with Crippen molar-refractivity contribution in [2.75, 3.05) is 0 Å². The second-order valence-corrected chi connectivity index (χ2v) is 5.68. The van der Waals surface area contributed by atoms with Crippen LogP contribution in [-0.2, 0) is 0 Å². The van der Waals surface area contributed by atoms with Crippen molar-refractivity contribution >= 4 is 11.6 Å². The topological polar surface area (TPSA) is 35.2 Å². The van der Waals surface area contributed by atoms with E-state index in [1.165, 1.54) is 5.56 Å². The zero-order valence-corrected chi connectivity index (χ0v) is 12.8. The number of halogens is 1. The molecule has 2 nitrogen and oxygen atoms in total. The van der Waals surface area contributed by atoms with Crippen LogP contribution in [0.15, 0.2) is 42.5 Å². The van der Waals surface area contributed by atoms with Crippen LogP contribution in [0.1, 0.15) is 43.9 Å². The molecule has 0 amide bonds. The third-order valence-electron chi connectivity index (χ3n) is 3.24. The maximum Gasteiger partial charge on any atom is 0.146 e. The van der Waals surface area contributed by atoms with Gasteiger partial charge >= 0.3 is 0 Å². The highest BCUT2D eigenvalue weighted by molar-refractivity contribution is 6.32. The van der Waals surface area contributed by atoms with Gasteiger partial charge in [-0.15, -0.1) is 0 Å². The molecule has 0 heterocycles. The van der Waals surface area contributed by atoms with E-state index in [2.05, 4.69) is 19.9 Å². The molecule has 0 aliphatic rings. The van der Waals surface area contributed by atoms with Gasteiger partial charge in [0.2, 0.25) is 0 Å². The van der Waals surface area contributed by atoms with Gasteiger partial charge in [-0.1, -0.05) is 49.7 Å². The second kappa shape index (κ2) is 6.29. The van der Waals surface area contributed by atoms with Crippen molar-refractivity contribution in [3.05, 3.63) is 58.6 Å². The molecule has 20 heavy (non-hydrogen) atoms. The Balaban J connectivity index is 2.31. The lowest BCUT2D eigenvalue weighted by atomic mass is 10.0. The Hall–Kier alpha value is -1.51. The van der Waals surface area contributed by atoms with E-state index in [4.69, 9.17) is 22.1 Å². The normalized spacial score (nSPS) is 12.5. The molecule has 1 atom stereocenters. The van der Waals surface area contributed by atoms with Crippen molar-refractivity contribution in [3.8, 4) is 11.5 Å². The van der Waals surface area contributed by atoms with E-state index < -0.39 is 0 Å². The number of nitrogens with two attached hydrogens (primary N) is 1. The molecule has 2 rings (SSSR count). The molecular weight excluding hydrogens is 270 g/mol. The Morgan fingerprint density at radius 2 is 1.70 bits per heavy atom. The lowest BCUT2D eigenvalue weighted by Gasteiger charge is -2.15. The van der Waals surface area contributed by atoms with Crippen molar-refractivity contribution in [1.82, 2.24) is 0 Å². The van der Waals surface area contributed by atoms with E-state index in [0.717, 1.165) is 11.3 Å². The van der Waals surface area contributed by atoms with Crippen LogP contribution in [0.2, 0.25) is 5.02 Å². The van der Waals surface area contributed by atoms with Gasteiger partial charge < -0.3 is 10.5 Å². The zero-order valence-electron chi connectivity index (χ0n) is 12.1. The van der Waals surface area contributed by atoms with Gasteiger partial charge in [-0.05, 0) is 42.2 Å². The molecule has 1 unspecified atom stereocenters. The fraction of sp³-hybridized carbons (Fsp3) is 0.294. The minimum absolute atomic E-state index is 0.0375. The molecule has 0 aliphatic heterocycles. The van der Waals surface area contributed by atoms with Crippen molar-refractivity contribution < 1.29 is 4.74 Å². The van der Waals surface area contributed by atoms with Gasteiger partial charge in [0, 0.05) is 6.04 Å². The first-order valence-corrected chi connectivity index (χ1v) is 7.18. The zero-order chi connectivity index (χ0) is 14.7. The molecule has 0 fully saturated rings. The second-order valence-electron chi connectivity index (χ2n) is 5.27. The van der Waals surface area contributed by atoms with E-state index in [9.17, 15) is 0 Å². The van der Waals surface area contributed by atoms with E-state index in [1.54, 1.807) is 0 Å². The summed E-state index contributed by atoms with van der Waals surface area (Å²) in [6.45, 7) is 6.21. The summed E-state index contributed by atoms with van der Waals surface area (Å²) in [6, 6.07) is 13.7.